The van der Waals surface area contributed by atoms with Crippen molar-refractivity contribution in [3.63, 3.8) is 0 Å². The molecular weight excluding hydrogens is 163 g/mol. The van der Waals surface area contributed by atoms with Gasteiger partial charge in [-0.05, 0) is 17.5 Å². The normalized spacial score (nSPS) is 12.5. The molecule has 0 aromatic heterocycles. The molecule has 1 aromatic carbocycles. The van der Waals surface area contributed by atoms with Gasteiger partial charge in [0.05, 0.1) is 0 Å². The first-order valence-corrected chi connectivity index (χ1v) is 4.65. The molecule has 13 heavy (non-hydrogen) atoms. The van der Waals surface area contributed by atoms with E-state index < -0.39 is 6.17 Å². The Morgan fingerprint density at radius 1 is 1.46 bits per heavy atom. The molecule has 0 aliphatic rings. The van der Waals surface area contributed by atoms with Gasteiger partial charge in [-0.2, -0.15) is 0 Å². The first-order valence-electron chi connectivity index (χ1n) is 4.65. The lowest BCUT2D eigenvalue weighted by atomic mass is 10.0. The number of rotatable bonds is 4. The highest BCUT2D eigenvalue weighted by Crippen LogP contribution is 2.26. The fourth-order valence-corrected chi connectivity index (χ4v) is 1.39. The monoisotopic (exact) mass is 178 g/mol. The van der Waals surface area contributed by atoms with Crippen molar-refractivity contribution in [2.45, 2.75) is 25.9 Å². The first-order chi connectivity index (χ1) is 6.29. The average Bonchev–Trinajstić information content (AvgIpc) is 2.18. The topological polar surface area (TPSA) is 0 Å². The second kappa shape index (κ2) is 4.80. The Kier molecular flexibility index (Phi) is 3.69. The lowest BCUT2D eigenvalue weighted by Crippen LogP contribution is -1.93. The van der Waals surface area contributed by atoms with Crippen LogP contribution in [0.3, 0.4) is 0 Å². The van der Waals surface area contributed by atoms with Gasteiger partial charge in [0.25, 0.3) is 0 Å². The van der Waals surface area contributed by atoms with Crippen LogP contribution >= 0.6 is 0 Å². The zero-order chi connectivity index (χ0) is 9.68. The maximum Gasteiger partial charge on any atom is 0.126 e. The summed E-state index contributed by atoms with van der Waals surface area (Å²) in [4.78, 5) is 0. The van der Waals surface area contributed by atoms with Gasteiger partial charge < -0.3 is 0 Å². The van der Waals surface area contributed by atoms with E-state index in [2.05, 4.69) is 6.58 Å². The Bertz CT molecular complexity index is 278. The number of halogens is 1. The molecule has 0 fully saturated rings. The molecule has 1 rings (SSSR count). The van der Waals surface area contributed by atoms with Crippen molar-refractivity contribution < 1.29 is 4.39 Å². The van der Waals surface area contributed by atoms with Crippen molar-refractivity contribution in [2.24, 2.45) is 0 Å². The quantitative estimate of drug-likeness (QED) is 0.650. The Morgan fingerprint density at radius 2 is 2.15 bits per heavy atom. The van der Waals surface area contributed by atoms with Gasteiger partial charge in [-0.1, -0.05) is 50.3 Å². The molecule has 0 spiro atoms. The minimum absolute atomic E-state index is 0.588. The summed E-state index contributed by atoms with van der Waals surface area (Å²) in [6, 6.07) is 7.49. The molecule has 0 aliphatic heterocycles. The van der Waals surface area contributed by atoms with Gasteiger partial charge in [-0.25, -0.2) is 4.39 Å². The van der Waals surface area contributed by atoms with Crippen LogP contribution in [0.5, 0.6) is 0 Å². The summed E-state index contributed by atoms with van der Waals surface area (Å²) < 4.78 is 13.5. The summed E-state index contributed by atoms with van der Waals surface area (Å²) in [6.07, 6.45) is 2.31. The van der Waals surface area contributed by atoms with E-state index in [-0.39, 0.29) is 0 Å². The smallest absolute Gasteiger partial charge is 0.126 e. The molecule has 0 bridgehead atoms. The fraction of sp³-hybridized carbons (Fsp3) is 0.333. The summed E-state index contributed by atoms with van der Waals surface area (Å²) in [7, 11) is 0. The predicted molar refractivity (Wildman–Crippen MR) is 55.3 cm³/mol. The van der Waals surface area contributed by atoms with Gasteiger partial charge in [-0.3, -0.25) is 0 Å². The third kappa shape index (κ3) is 2.41. The molecule has 0 aliphatic carbocycles. The van der Waals surface area contributed by atoms with Crippen LogP contribution in [0, 0.1) is 0 Å². The fourth-order valence-electron chi connectivity index (χ4n) is 1.39. The lowest BCUT2D eigenvalue weighted by molar-refractivity contribution is 0.320. The number of alkyl halides is 1. The van der Waals surface area contributed by atoms with E-state index in [1.165, 1.54) is 0 Å². The molecule has 70 valence electrons. The van der Waals surface area contributed by atoms with Gasteiger partial charge >= 0.3 is 0 Å². The van der Waals surface area contributed by atoms with Gasteiger partial charge in [0, 0.05) is 0 Å². The molecule has 0 saturated heterocycles. The van der Waals surface area contributed by atoms with Crippen molar-refractivity contribution in [2.75, 3.05) is 0 Å². The Hall–Kier alpha value is -1.11. The standard InChI is InChI=1S/C12H15F/c1-3-7-12(13)11-9-6-5-8-10(11)4-2/h4-6,8-9,12H,2-3,7H2,1H3. The maximum atomic E-state index is 13.5. The largest absolute Gasteiger partial charge is 0.242 e. The SMILES string of the molecule is C=Cc1ccccc1C(F)CCC. The molecule has 0 saturated carbocycles. The van der Waals surface area contributed by atoms with Crippen LogP contribution in [-0.2, 0) is 0 Å². The van der Waals surface area contributed by atoms with Crippen LogP contribution < -0.4 is 0 Å². The predicted octanol–water partition coefficient (Wildman–Crippen LogP) is 4.14. The Balaban J connectivity index is 2.91. The van der Waals surface area contributed by atoms with Crippen molar-refractivity contribution in [3.05, 3.63) is 42.0 Å². The lowest BCUT2D eigenvalue weighted by Gasteiger charge is -2.09. The third-order valence-corrected chi connectivity index (χ3v) is 2.10. The molecule has 1 heteroatoms. The second-order valence-electron chi connectivity index (χ2n) is 3.09. The minimum atomic E-state index is -0.848. The van der Waals surface area contributed by atoms with Crippen molar-refractivity contribution in [1.29, 1.82) is 0 Å². The third-order valence-electron chi connectivity index (χ3n) is 2.10. The van der Waals surface area contributed by atoms with E-state index in [0.29, 0.717) is 6.42 Å². The van der Waals surface area contributed by atoms with E-state index in [9.17, 15) is 4.39 Å². The molecule has 1 atom stereocenters. The van der Waals surface area contributed by atoms with Crippen LogP contribution in [0.2, 0.25) is 0 Å². The number of hydrogen-bond donors (Lipinski definition) is 0. The molecule has 0 amide bonds. The van der Waals surface area contributed by atoms with Crippen LogP contribution in [0.4, 0.5) is 4.39 Å². The van der Waals surface area contributed by atoms with E-state index in [1.54, 1.807) is 6.08 Å². The van der Waals surface area contributed by atoms with E-state index in [1.807, 2.05) is 31.2 Å². The first kappa shape index (κ1) is 9.97. The average molecular weight is 178 g/mol. The Labute approximate surface area is 79.1 Å². The highest BCUT2D eigenvalue weighted by molar-refractivity contribution is 5.52. The molecule has 0 N–H and O–H groups in total. The van der Waals surface area contributed by atoms with Gasteiger partial charge in [-0.15, -0.1) is 0 Å². The van der Waals surface area contributed by atoms with Crippen LogP contribution in [0.25, 0.3) is 6.08 Å². The highest BCUT2D eigenvalue weighted by Gasteiger charge is 2.10. The van der Waals surface area contributed by atoms with Gasteiger partial charge in [0.1, 0.15) is 6.17 Å². The molecule has 0 nitrogen and oxygen atoms in total. The maximum absolute atomic E-state index is 13.5. The number of benzene rings is 1. The minimum Gasteiger partial charge on any atom is -0.242 e. The van der Waals surface area contributed by atoms with Crippen LogP contribution in [-0.4, -0.2) is 0 Å². The zero-order valence-corrected chi connectivity index (χ0v) is 7.96. The summed E-state index contributed by atoms with van der Waals surface area (Å²) >= 11 is 0. The van der Waals surface area contributed by atoms with Gasteiger partial charge in [0.15, 0.2) is 0 Å². The second-order valence-corrected chi connectivity index (χ2v) is 3.09. The van der Waals surface area contributed by atoms with Crippen molar-refractivity contribution >= 4 is 6.08 Å². The molecular formula is C12H15F. The van der Waals surface area contributed by atoms with E-state index in [0.717, 1.165) is 17.5 Å². The highest BCUT2D eigenvalue weighted by atomic mass is 19.1. The van der Waals surface area contributed by atoms with Gasteiger partial charge in [0.2, 0.25) is 0 Å². The Morgan fingerprint density at radius 3 is 2.77 bits per heavy atom. The molecule has 0 heterocycles. The van der Waals surface area contributed by atoms with E-state index >= 15 is 0 Å². The molecule has 0 radical (unpaired) electrons. The zero-order valence-electron chi connectivity index (χ0n) is 7.96. The number of hydrogen-bond acceptors (Lipinski definition) is 0. The molecule has 1 aromatic rings. The molecule has 1 unspecified atom stereocenters. The summed E-state index contributed by atoms with van der Waals surface area (Å²) in [5, 5.41) is 0. The van der Waals surface area contributed by atoms with E-state index in [4.69, 9.17) is 0 Å². The summed E-state index contributed by atoms with van der Waals surface area (Å²) in [6.45, 7) is 5.66. The summed E-state index contributed by atoms with van der Waals surface area (Å²) in [5.74, 6) is 0. The van der Waals surface area contributed by atoms with Crippen LogP contribution in [0.1, 0.15) is 37.1 Å². The van der Waals surface area contributed by atoms with Crippen molar-refractivity contribution in [3.8, 4) is 0 Å². The van der Waals surface area contributed by atoms with Crippen LogP contribution in [0.15, 0.2) is 30.8 Å². The summed E-state index contributed by atoms with van der Waals surface area (Å²) in [5.41, 5.74) is 1.67. The van der Waals surface area contributed by atoms with Crippen molar-refractivity contribution in [1.82, 2.24) is 0 Å².